The molecule has 0 bridgehead atoms. The van der Waals surface area contributed by atoms with E-state index < -0.39 is 6.09 Å². The number of halogens is 1. The number of hydrogen-bond donors (Lipinski definition) is 1. The molecule has 2 unspecified atom stereocenters. The van der Waals surface area contributed by atoms with Gasteiger partial charge in [0.25, 0.3) is 0 Å². The number of carbonyl (C=O) groups is 1. The first kappa shape index (κ1) is 15.7. The fourth-order valence-corrected chi connectivity index (χ4v) is 4.02. The van der Waals surface area contributed by atoms with Crippen LogP contribution in [0.2, 0.25) is 5.02 Å². The van der Waals surface area contributed by atoms with E-state index in [1.807, 2.05) is 22.9 Å². The standard InChI is InChI=1S/C17H20ClN3O3/c18-13-5-3-4-12-15(11-7-8-20(10-11)17(22)23)19-21(16(12)13)14-6-1-2-9-24-14/h3-5,11,14H,1-2,6-10H2,(H,22,23). The minimum Gasteiger partial charge on any atom is -0.465 e. The summed E-state index contributed by atoms with van der Waals surface area (Å²) in [5.74, 6) is 0.104. The Hall–Kier alpha value is -1.79. The van der Waals surface area contributed by atoms with Crippen molar-refractivity contribution < 1.29 is 14.6 Å². The van der Waals surface area contributed by atoms with E-state index in [2.05, 4.69) is 0 Å². The van der Waals surface area contributed by atoms with Crippen LogP contribution in [0.5, 0.6) is 0 Å². The summed E-state index contributed by atoms with van der Waals surface area (Å²) in [7, 11) is 0. The molecule has 2 aliphatic rings. The second-order valence-corrected chi connectivity index (χ2v) is 6.91. The summed E-state index contributed by atoms with van der Waals surface area (Å²) < 4.78 is 7.81. The van der Waals surface area contributed by atoms with Crippen molar-refractivity contribution in [2.24, 2.45) is 0 Å². The van der Waals surface area contributed by atoms with Gasteiger partial charge >= 0.3 is 6.09 Å². The molecular weight excluding hydrogens is 330 g/mol. The Morgan fingerprint density at radius 2 is 2.21 bits per heavy atom. The Kier molecular flexibility index (Phi) is 4.10. The van der Waals surface area contributed by atoms with E-state index in [-0.39, 0.29) is 12.1 Å². The summed E-state index contributed by atoms with van der Waals surface area (Å²) in [6.45, 7) is 1.77. The first-order chi connectivity index (χ1) is 11.6. The maximum absolute atomic E-state index is 11.2. The van der Waals surface area contributed by atoms with Crippen molar-refractivity contribution in [2.45, 2.75) is 37.8 Å². The Balaban J connectivity index is 1.76. The normalized spacial score (nSPS) is 24.6. The second-order valence-electron chi connectivity index (χ2n) is 6.50. The quantitative estimate of drug-likeness (QED) is 0.894. The van der Waals surface area contributed by atoms with Crippen molar-refractivity contribution >= 4 is 28.6 Å². The van der Waals surface area contributed by atoms with Gasteiger partial charge in [-0.1, -0.05) is 23.7 Å². The number of rotatable bonds is 2. The van der Waals surface area contributed by atoms with Gasteiger partial charge in [-0.25, -0.2) is 9.48 Å². The van der Waals surface area contributed by atoms with Crippen LogP contribution in [-0.2, 0) is 4.74 Å². The Labute approximate surface area is 144 Å². The lowest BCUT2D eigenvalue weighted by atomic mass is 10.0. The number of hydrogen-bond acceptors (Lipinski definition) is 3. The van der Waals surface area contributed by atoms with Crippen LogP contribution in [0.3, 0.4) is 0 Å². The zero-order chi connectivity index (χ0) is 16.7. The topological polar surface area (TPSA) is 67.6 Å². The summed E-state index contributed by atoms with van der Waals surface area (Å²) in [6.07, 6.45) is 2.94. The first-order valence-corrected chi connectivity index (χ1v) is 8.79. The molecule has 0 spiro atoms. The van der Waals surface area contributed by atoms with E-state index in [4.69, 9.17) is 21.4 Å². The van der Waals surface area contributed by atoms with Gasteiger partial charge < -0.3 is 14.7 Å². The lowest BCUT2D eigenvalue weighted by Crippen LogP contribution is -2.26. The van der Waals surface area contributed by atoms with E-state index in [1.54, 1.807) is 0 Å². The fraction of sp³-hybridized carbons (Fsp3) is 0.529. The van der Waals surface area contributed by atoms with Gasteiger partial charge in [0.2, 0.25) is 0 Å². The molecule has 2 aliphatic heterocycles. The molecule has 0 radical (unpaired) electrons. The molecule has 1 N–H and O–H groups in total. The molecule has 3 heterocycles. The lowest BCUT2D eigenvalue weighted by molar-refractivity contribution is -0.0369. The van der Waals surface area contributed by atoms with Crippen molar-refractivity contribution in [3.05, 3.63) is 28.9 Å². The van der Waals surface area contributed by atoms with Crippen molar-refractivity contribution in [3.63, 3.8) is 0 Å². The number of fused-ring (bicyclic) bond motifs is 1. The molecule has 2 saturated heterocycles. The predicted molar refractivity (Wildman–Crippen MR) is 90.5 cm³/mol. The van der Waals surface area contributed by atoms with Gasteiger partial charge in [-0.05, 0) is 31.7 Å². The van der Waals surface area contributed by atoms with E-state index in [0.717, 1.165) is 48.9 Å². The predicted octanol–water partition coefficient (Wildman–Crippen LogP) is 3.86. The van der Waals surface area contributed by atoms with Gasteiger partial charge in [0.15, 0.2) is 6.23 Å². The molecule has 2 atom stereocenters. The van der Waals surface area contributed by atoms with E-state index in [0.29, 0.717) is 18.1 Å². The lowest BCUT2D eigenvalue weighted by Gasteiger charge is -2.23. The summed E-state index contributed by atoms with van der Waals surface area (Å²) in [4.78, 5) is 12.7. The number of aromatic nitrogens is 2. The Bertz CT molecular complexity index is 770. The highest BCUT2D eigenvalue weighted by molar-refractivity contribution is 6.35. The smallest absolute Gasteiger partial charge is 0.407 e. The molecule has 128 valence electrons. The summed E-state index contributed by atoms with van der Waals surface area (Å²) in [5.41, 5.74) is 1.83. The van der Waals surface area contributed by atoms with Crippen LogP contribution in [-0.4, -0.2) is 45.6 Å². The second kappa shape index (κ2) is 6.26. The molecule has 7 heteroatoms. The Morgan fingerprint density at radius 3 is 2.92 bits per heavy atom. The zero-order valence-electron chi connectivity index (χ0n) is 13.3. The van der Waals surface area contributed by atoms with Crippen LogP contribution in [0.4, 0.5) is 4.79 Å². The number of ether oxygens (including phenoxy) is 1. The number of nitrogens with zero attached hydrogens (tertiary/aromatic N) is 3. The zero-order valence-corrected chi connectivity index (χ0v) is 14.1. The first-order valence-electron chi connectivity index (χ1n) is 8.41. The van der Waals surface area contributed by atoms with E-state index in [9.17, 15) is 9.90 Å². The highest BCUT2D eigenvalue weighted by Crippen LogP contribution is 2.37. The molecule has 2 aromatic rings. The van der Waals surface area contributed by atoms with Gasteiger partial charge in [-0.2, -0.15) is 5.10 Å². The molecule has 4 rings (SSSR count). The molecule has 1 aromatic carbocycles. The van der Waals surface area contributed by atoms with Crippen LogP contribution in [0.1, 0.15) is 43.5 Å². The van der Waals surface area contributed by atoms with Crippen LogP contribution in [0, 0.1) is 0 Å². The summed E-state index contributed by atoms with van der Waals surface area (Å²) in [5, 5.41) is 15.7. The maximum atomic E-state index is 11.2. The summed E-state index contributed by atoms with van der Waals surface area (Å²) >= 11 is 6.46. The molecule has 0 aliphatic carbocycles. The Morgan fingerprint density at radius 1 is 1.33 bits per heavy atom. The third-order valence-corrected chi connectivity index (χ3v) is 5.29. The molecule has 2 fully saturated rings. The van der Waals surface area contributed by atoms with E-state index in [1.165, 1.54) is 4.90 Å². The highest BCUT2D eigenvalue weighted by atomic mass is 35.5. The van der Waals surface area contributed by atoms with Gasteiger partial charge in [-0.3, -0.25) is 0 Å². The average Bonchev–Trinajstić information content (AvgIpc) is 3.21. The summed E-state index contributed by atoms with van der Waals surface area (Å²) in [6, 6.07) is 5.81. The van der Waals surface area contributed by atoms with Crippen LogP contribution in [0.25, 0.3) is 10.9 Å². The van der Waals surface area contributed by atoms with Crippen molar-refractivity contribution in [3.8, 4) is 0 Å². The van der Waals surface area contributed by atoms with Gasteiger partial charge in [0.1, 0.15) is 0 Å². The van der Waals surface area contributed by atoms with Crippen LogP contribution in [0.15, 0.2) is 18.2 Å². The number of para-hydroxylation sites is 1. The maximum Gasteiger partial charge on any atom is 0.407 e. The molecule has 24 heavy (non-hydrogen) atoms. The molecule has 1 aromatic heterocycles. The minimum absolute atomic E-state index is 0.0909. The largest absolute Gasteiger partial charge is 0.465 e. The number of amides is 1. The highest BCUT2D eigenvalue weighted by Gasteiger charge is 2.32. The molecule has 1 amide bonds. The van der Waals surface area contributed by atoms with Crippen LogP contribution >= 0.6 is 11.6 Å². The van der Waals surface area contributed by atoms with Gasteiger partial charge in [0.05, 0.1) is 16.2 Å². The fourth-order valence-electron chi connectivity index (χ4n) is 3.76. The molecule has 0 saturated carbocycles. The average molecular weight is 350 g/mol. The van der Waals surface area contributed by atoms with Crippen molar-refractivity contribution in [1.82, 2.24) is 14.7 Å². The van der Waals surface area contributed by atoms with E-state index >= 15 is 0 Å². The van der Waals surface area contributed by atoms with Gasteiger partial charge in [0, 0.05) is 31.0 Å². The van der Waals surface area contributed by atoms with Crippen molar-refractivity contribution in [1.29, 1.82) is 0 Å². The van der Waals surface area contributed by atoms with Crippen molar-refractivity contribution in [2.75, 3.05) is 19.7 Å². The third kappa shape index (κ3) is 2.63. The third-order valence-electron chi connectivity index (χ3n) is 4.98. The number of carboxylic acid groups (broad SMARTS) is 1. The minimum atomic E-state index is -0.866. The molecule has 6 nitrogen and oxygen atoms in total. The monoisotopic (exact) mass is 349 g/mol. The van der Waals surface area contributed by atoms with Gasteiger partial charge in [-0.15, -0.1) is 0 Å². The number of benzene rings is 1. The SMILES string of the molecule is O=C(O)N1CCC(c2nn(C3CCCCO3)c3c(Cl)cccc23)C1. The molecular formula is C17H20ClN3O3. The number of likely N-dealkylation sites (tertiary alicyclic amines) is 1. The van der Waals surface area contributed by atoms with Crippen LogP contribution < -0.4 is 0 Å².